The van der Waals surface area contributed by atoms with Gasteiger partial charge in [-0.2, -0.15) is 11.8 Å². The fourth-order valence-corrected chi connectivity index (χ4v) is 1.33. The van der Waals surface area contributed by atoms with Gasteiger partial charge in [-0.05, 0) is 13.3 Å². The predicted octanol–water partition coefficient (Wildman–Crippen LogP) is 1.72. The van der Waals surface area contributed by atoms with E-state index in [9.17, 15) is 4.57 Å². The molecular weight excluding hydrogens is 261 g/mol. The zero-order chi connectivity index (χ0) is 13.6. The lowest BCUT2D eigenvalue weighted by atomic mass is 10.4. The van der Waals surface area contributed by atoms with Gasteiger partial charge in [0, 0.05) is 5.75 Å². The first-order valence-corrected chi connectivity index (χ1v) is 7.75. The molecule has 0 saturated heterocycles. The van der Waals surface area contributed by atoms with Crippen LogP contribution in [-0.4, -0.2) is 35.4 Å². The van der Waals surface area contributed by atoms with Crippen LogP contribution in [0.1, 0.15) is 0 Å². The second-order valence-electron chi connectivity index (χ2n) is 2.47. The van der Waals surface area contributed by atoms with E-state index in [1.807, 2.05) is 42.7 Å². The fraction of sp³-hybridized carbons (Fsp3) is 0.400. The molecule has 17 heavy (non-hydrogen) atoms. The zero-order valence-corrected chi connectivity index (χ0v) is 11.7. The summed E-state index contributed by atoms with van der Waals surface area (Å²) in [6.07, 6.45) is 1.84. The molecule has 0 aromatic heterocycles. The average Bonchev–Trinajstić information content (AvgIpc) is 2.33. The van der Waals surface area contributed by atoms with Gasteiger partial charge in [0.05, 0.1) is 6.61 Å². The maximum absolute atomic E-state index is 9.97. The molecule has 0 atom stereocenters. The number of phosphoric acid groups is 1. The van der Waals surface area contributed by atoms with Crippen LogP contribution in [0.3, 0.4) is 0 Å². The Kier molecular flexibility index (Phi) is 15.3. The minimum absolute atomic E-state index is 0.103. The van der Waals surface area contributed by atoms with Gasteiger partial charge in [-0.1, -0.05) is 36.4 Å². The monoisotopic (exact) mass is 281 g/mol. The van der Waals surface area contributed by atoms with E-state index in [2.05, 4.69) is 10.3 Å². The van der Waals surface area contributed by atoms with E-state index < -0.39 is 7.82 Å². The Bertz CT molecular complexity index is 254. The minimum Gasteiger partial charge on any atom is -0.333 e. The van der Waals surface area contributed by atoms with Gasteiger partial charge in [0.2, 0.25) is 0 Å². The first-order chi connectivity index (χ1) is 8.06. The summed E-state index contributed by atoms with van der Waals surface area (Å²) in [7, 11) is -2.71. The molecule has 0 heterocycles. The molecule has 0 aliphatic rings. The van der Waals surface area contributed by atoms with Gasteiger partial charge in [-0.3, -0.25) is 4.52 Å². The number of hydrogen-bond donors (Lipinski definition) is 3. The van der Waals surface area contributed by atoms with E-state index in [-0.39, 0.29) is 6.61 Å². The van der Waals surface area contributed by atoms with Crippen LogP contribution in [-0.2, 0) is 9.09 Å². The summed E-state index contributed by atoms with van der Waals surface area (Å²) in [5.41, 5.74) is 4.50. The van der Waals surface area contributed by atoms with E-state index in [4.69, 9.17) is 9.79 Å². The molecule has 0 aliphatic heterocycles. The Morgan fingerprint density at radius 3 is 1.71 bits per heavy atom. The summed E-state index contributed by atoms with van der Waals surface area (Å²) in [6.45, 7) is 0.103. The van der Waals surface area contributed by atoms with Crippen LogP contribution in [0, 0.1) is 0 Å². The van der Waals surface area contributed by atoms with Gasteiger partial charge in [0.15, 0.2) is 0 Å². The van der Waals surface area contributed by atoms with E-state index in [0.717, 1.165) is 0 Å². The van der Waals surface area contributed by atoms with Crippen molar-refractivity contribution in [2.45, 2.75) is 0 Å². The third kappa shape index (κ3) is 21.5. The van der Waals surface area contributed by atoms with Crippen molar-refractivity contribution in [1.82, 2.24) is 0 Å². The molecule has 5 nitrogen and oxygen atoms in total. The van der Waals surface area contributed by atoms with Gasteiger partial charge in [-0.15, -0.1) is 0 Å². The molecule has 0 aliphatic carbocycles. The highest BCUT2D eigenvalue weighted by atomic mass is 32.2. The van der Waals surface area contributed by atoms with E-state index in [1.165, 1.54) is 18.8 Å². The molecule has 1 aromatic rings. The Balaban J connectivity index is 0. The number of nitrogens with two attached hydrogens (primary N) is 1. The van der Waals surface area contributed by atoms with Gasteiger partial charge in [0.1, 0.15) is 0 Å². The van der Waals surface area contributed by atoms with Crippen molar-refractivity contribution in [3.63, 3.8) is 0 Å². The number of benzene rings is 1. The maximum atomic E-state index is 9.97. The Morgan fingerprint density at radius 2 is 1.47 bits per heavy atom. The van der Waals surface area contributed by atoms with Crippen molar-refractivity contribution in [3.8, 4) is 0 Å². The van der Waals surface area contributed by atoms with Crippen molar-refractivity contribution >= 4 is 19.6 Å². The summed E-state index contributed by atoms with van der Waals surface area (Å²) in [5, 5.41) is 0. The highest BCUT2D eigenvalue weighted by Crippen LogP contribution is 2.35. The number of rotatable bonds is 4. The van der Waals surface area contributed by atoms with E-state index in [0.29, 0.717) is 5.75 Å². The molecule has 0 spiro atoms. The number of thioether (sulfide) groups is 1. The van der Waals surface area contributed by atoms with Gasteiger partial charge in [0.25, 0.3) is 0 Å². The molecule has 100 valence electrons. The molecule has 0 amide bonds. The van der Waals surface area contributed by atoms with Crippen LogP contribution < -0.4 is 5.73 Å². The molecule has 0 bridgehead atoms. The third-order valence-electron chi connectivity index (χ3n) is 1.21. The first kappa shape index (κ1) is 19.0. The smallest absolute Gasteiger partial charge is 0.333 e. The SMILES string of the molecule is CN.CSCCOP(=O)(O)O.c1ccccc1. The van der Waals surface area contributed by atoms with E-state index in [1.54, 1.807) is 0 Å². The normalized spacial score (nSPS) is 9.47. The van der Waals surface area contributed by atoms with Crippen LogP contribution in [0.2, 0.25) is 0 Å². The highest BCUT2D eigenvalue weighted by molar-refractivity contribution is 7.98. The fourth-order valence-electron chi connectivity index (χ4n) is 0.624. The summed E-state index contributed by atoms with van der Waals surface area (Å²) in [6, 6.07) is 12.0. The molecule has 4 N–H and O–H groups in total. The first-order valence-electron chi connectivity index (χ1n) is 4.83. The predicted molar refractivity (Wildman–Crippen MR) is 72.9 cm³/mol. The average molecular weight is 281 g/mol. The van der Waals surface area contributed by atoms with Crippen molar-refractivity contribution in [2.75, 3.05) is 25.7 Å². The highest BCUT2D eigenvalue weighted by Gasteiger charge is 2.11. The standard InChI is InChI=1S/C6H6.C3H9O4PS.CH5N/c1-2-4-6-5-3-1;1-9-3-2-7-8(4,5)6;1-2/h1-6H;2-3H2,1H3,(H2,4,5,6);2H2,1H3. The summed E-state index contributed by atoms with van der Waals surface area (Å²) in [5.74, 6) is 0.602. The van der Waals surface area contributed by atoms with Crippen LogP contribution >= 0.6 is 19.6 Å². The van der Waals surface area contributed by atoms with Crippen molar-refractivity contribution < 1.29 is 18.9 Å². The lowest BCUT2D eigenvalue weighted by Crippen LogP contribution is -1.93. The Labute approximate surface area is 107 Å². The Morgan fingerprint density at radius 1 is 1.12 bits per heavy atom. The van der Waals surface area contributed by atoms with Gasteiger partial charge >= 0.3 is 7.82 Å². The van der Waals surface area contributed by atoms with Crippen molar-refractivity contribution in [3.05, 3.63) is 36.4 Å². The van der Waals surface area contributed by atoms with Crippen LogP contribution in [0.4, 0.5) is 0 Å². The van der Waals surface area contributed by atoms with Crippen molar-refractivity contribution in [2.24, 2.45) is 5.73 Å². The lowest BCUT2D eigenvalue weighted by molar-refractivity contribution is 0.208. The zero-order valence-electron chi connectivity index (χ0n) is 10.0. The van der Waals surface area contributed by atoms with Crippen LogP contribution in [0.5, 0.6) is 0 Å². The summed E-state index contributed by atoms with van der Waals surface area (Å²) in [4.78, 5) is 16.2. The molecule has 0 saturated carbocycles. The van der Waals surface area contributed by atoms with Gasteiger partial charge in [-0.25, -0.2) is 4.57 Å². The molecule has 1 aromatic carbocycles. The quantitative estimate of drug-likeness (QED) is 0.575. The summed E-state index contributed by atoms with van der Waals surface area (Å²) < 4.78 is 14.1. The molecule has 0 unspecified atom stereocenters. The molecule has 7 heteroatoms. The molecule has 0 radical (unpaired) electrons. The maximum Gasteiger partial charge on any atom is 0.469 e. The largest absolute Gasteiger partial charge is 0.469 e. The molecular formula is C10H20NO4PS. The van der Waals surface area contributed by atoms with Crippen LogP contribution in [0.15, 0.2) is 36.4 Å². The second-order valence-corrected chi connectivity index (χ2v) is 4.70. The topological polar surface area (TPSA) is 92.8 Å². The Hall–Kier alpha value is -0.360. The lowest BCUT2D eigenvalue weighted by Gasteiger charge is -2.01. The van der Waals surface area contributed by atoms with Crippen LogP contribution in [0.25, 0.3) is 0 Å². The molecule has 0 fully saturated rings. The van der Waals surface area contributed by atoms with E-state index >= 15 is 0 Å². The third-order valence-corrected chi connectivity index (χ3v) is 2.31. The number of hydrogen-bond acceptors (Lipinski definition) is 4. The second kappa shape index (κ2) is 13.7. The minimum atomic E-state index is -4.21. The molecule has 1 rings (SSSR count). The van der Waals surface area contributed by atoms with Crippen molar-refractivity contribution in [1.29, 1.82) is 0 Å². The number of phosphoric ester groups is 1. The van der Waals surface area contributed by atoms with Gasteiger partial charge < -0.3 is 15.5 Å². The summed E-state index contributed by atoms with van der Waals surface area (Å²) >= 11 is 1.47.